The highest BCUT2D eigenvalue weighted by molar-refractivity contribution is 5.99. The first-order valence-corrected chi connectivity index (χ1v) is 7.74. The van der Waals surface area contributed by atoms with Crippen LogP contribution < -0.4 is 10.2 Å². The molecular weight excluding hydrogens is 282 g/mol. The standard InChI is InChI=1S/C16H21N3O3/c1-12-5-4-8-18(11-12)15(20)17-13-6-2-3-7-14(13)19-9-10-22-16(19)21/h2-3,6-7,12H,4-5,8-11H2,1H3,(H,17,20). The molecule has 0 radical (unpaired) electrons. The molecule has 1 unspecified atom stereocenters. The number of piperidine rings is 1. The molecule has 2 aliphatic heterocycles. The van der Waals surface area contributed by atoms with Crippen molar-refractivity contribution in [2.45, 2.75) is 19.8 Å². The average Bonchev–Trinajstić information content (AvgIpc) is 2.94. The van der Waals surface area contributed by atoms with E-state index in [1.54, 1.807) is 4.90 Å². The van der Waals surface area contributed by atoms with E-state index in [1.807, 2.05) is 29.2 Å². The molecule has 2 fully saturated rings. The molecule has 118 valence electrons. The highest BCUT2D eigenvalue weighted by Gasteiger charge is 2.27. The Labute approximate surface area is 130 Å². The van der Waals surface area contributed by atoms with Crippen molar-refractivity contribution in [3.8, 4) is 0 Å². The van der Waals surface area contributed by atoms with Gasteiger partial charge in [-0.2, -0.15) is 0 Å². The van der Waals surface area contributed by atoms with Gasteiger partial charge in [-0.05, 0) is 30.9 Å². The number of amides is 3. The Kier molecular flexibility index (Phi) is 4.18. The summed E-state index contributed by atoms with van der Waals surface area (Å²) in [5.41, 5.74) is 1.33. The quantitative estimate of drug-likeness (QED) is 0.913. The molecule has 1 N–H and O–H groups in total. The second-order valence-electron chi connectivity index (χ2n) is 5.91. The lowest BCUT2D eigenvalue weighted by atomic mass is 10.0. The van der Waals surface area contributed by atoms with E-state index < -0.39 is 0 Å². The number of likely N-dealkylation sites (tertiary alicyclic amines) is 1. The van der Waals surface area contributed by atoms with Gasteiger partial charge in [0, 0.05) is 13.1 Å². The molecule has 1 aromatic carbocycles. The van der Waals surface area contributed by atoms with Gasteiger partial charge in [0.25, 0.3) is 0 Å². The minimum atomic E-state index is -0.367. The van der Waals surface area contributed by atoms with Crippen molar-refractivity contribution in [3.05, 3.63) is 24.3 Å². The lowest BCUT2D eigenvalue weighted by Gasteiger charge is -2.31. The van der Waals surface area contributed by atoms with E-state index in [4.69, 9.17) is 4.74 Å². The van der Waals surface area contributed by atoms with E-state index >= 15 is 0 Å². The van der Waals surface area contributed by atoms with Gasteiger partial charge in [-0.1, -0.05) is 19.1 Å². The normalized spacial score (nSPS) is 21.7. The number of nitrogens with one attached hydrogen (secondary N) is 1. The van der Waals surface area contributed by atoms with E-state index in [0.717, 1.165) is 19.5 Å². The largest absolute Gasteiger partial charge is 0.447 e. The van der Waals surface area contributed by atoms with E-state index in [2.05, 4.69) is 12.2 Å². The number of hydrogen-bond donors (Lipinski definition) is 1. The van der Waals surface area contributed by atoms with Gasteiger partial charge in [0.2, 0.25) is 0 Å². The first kappa shape index (κ1) is 14.7. The summed E-state index contributed by atoms with van der Waals surface area (Å²) in [6, 6.07) is 7.22. The molecule has 0 saturated carbocycles. The predicted molar refractivity (Wildman–Crippen MR) is 84.1 cm³/mol. The van der Waals surface area contributed by atoms with Gasteiger partial charge in [-0.15, -0.1) is 0 Å². The molecule has 3 rings (SSSR count). The minimum Gasteiger partial charge on any atom is -0.447 e. The lowest BCUT2D eigenvalue weighted by Crippen LogP contribution is -2.41. The summed E-state index contributed by atoms with van der Waals surface area (Å²) >= 11 is 0. The second kappa shape index (κ2) is 6.25. The number of carbonyl (C=O) groups is 2. The Balaban J connectivity index is 1.74. The maximum absolute atomic E-state index is 12.4. The third kappa shape index (κ3) is 3.00. The molecule has 1 atom stereocenters. The van der Waals surface area contributed by atoms with Gasteiger partial charge in [-0.25, -0.2) is 9.59 Å². The highest BCUT2D eigenvalue weighted by Crippen LogP contribution is 2.28. The smallest absolute Gasteiger partial charge is 0.414 e. The molecule has 2 saturated heterocycles. The van der Waals surface area contributed by atoms with Crippen LogP contribution in [-0.4, -0.2) is 43.3 Å². The molecule has 3 amide bonds. The zero-order valence-corrected chi connectivity index (χ0v) is 12.7. The molecule has 22 heavy (non-hydrogen) atoms. The number of carbonyl (C=O) groups excluding carboxylic acids is 2. The number of urea groups is 1. The topological polar surface area (TPSA) is 61.9 Å². The van der Waals surface area contributed by atoms with Gasteiger partial charge in [-0.3, -0.25) is 4.90 Å². The molecule has 6 heteroatoms. The van der Waals surface area contributed by atoms with Crippen LogP contribution in [0.25, 0.3) is 0 Å². The number of nitrogens with zero attached hydrogens (tertiary/aromatic N) is 2. The van der Waals surface area contributed by atoms with Crippen LogP contribution >= 0.6 is 0 Å². The summed E-state index contributed by atoms with van der Waals surface area (Å²) in [4.78, 5) is 27.6. The Morgan fingerprint density at radius 2 is 2.14 bits per heavy atom. The van der Waals surface area contributed by atoms with Gasteiger partial charge < -0.3 is 15.0 Å². The average molecular weight is 303 g/mol. The number of cyclic esters (lactones) is 1. The second-order valence-corrected chi connectivity index (χ2v) is 5.91. The van der Waals surface area contributed by atoms with Crippen LogP contribution in [0.4, 0.5) is 21.0 Å². The SMILES string of the molecule is CC1CCCN(C(=O)Nc2ccccc2N2CCOC2=O)C1. The van der Waals surface area contributed by atoms with Crippen molar-refractivity contribution in [2.24, 2.45) is 5.92 Å². The molecule has 6 nitrogen and oxygen atoms in total. The first-order valence-electron chi connectivity index (χ1n) is 7.74. The Hall–Kier alpha value is -2.24. The summed E-state index contributed by atoms with van der Waals surface area (Å²) in [7, 11) is 0. The molecule has 2 heterocycles. The van der Waals surface area contributed by atoms with E-state index in [0.29, 0.717) is 30.4 Å². The van der Waals surface area contributed by atoms with Gasteiger partial charge >= 0.3 is 12.1 Å². The summed E-state index contributed by atoms with van der Waals surface area (Å²) < 4.78 is 4.97. The van der Waals surface area contributed by atoms with E-state index in [9.17, 15) is 9.59 Å². The van der Waals surface area contributed by atoms with Crippen LogP contribution in [0.15, 0.2) is 24.3 Å². The van der Waals surface area contributed by atoms with Crippen molar-refractivity contribution in [2.75, 3.05) is 36.5 Å². The fourth-order valence-corrected chi connectivity index (χ4v) is 3.00. The minimum absolute atomic E-state index is 0.105. The number of ether oxygens (including phenoxy) is 1. The number of benzene rings is 1. The summed E-state index contributed by atoms with van der Waals surface area (Å²) in [6.07, 6.45) is 1.84. The first-order chi connectivity index (χ1) is 10.6. The predicted octanol–water partition coefficient (Wildman–Crippen LogP) is 2.91. The highest BCUT2D eigenvalue weighted by atomic mass is 16.6. The van der Waals surface area contributed by atoms with Crippen LogP contribution in [0, 0.1) is 5.92 Å². The molecule has 0 aromatic heterocycles. The maximum Gasteiger partial charge on any atom is 0.414 e. The number of para-hydroxylation sites is 2. The third-order valence-corrected chi connectivity index (χ3v) is 4.14. The fraction of sp³-hybridized carbons (Fsp3) is 0.500. The number of anilines is 2. The summed E-state index contributed by atoms with van der Waals surface area (Å²) in [6.45, 7) is 4.61. The van der Waals surface area contributed by atoms with E-state index in [1.165, 1.54) is 6.42 Å². The van der Waals surface area contributed by atoms with Gasteiger partial charge in [0.15, 0.2) is 0 Å². The molecule has 1 aromatic rings. The van der Waals surface area contributed by atoms with Crippen molar-refractivity contribution in [1.82, 2.24) is 4.90 Å². The maximum atomic E-state index is 12.4. The van der Waals surface area contributed by atoms with Gasteiger partial charge in [0.1, 0.15) is 6.61 Å². The molecule has 2 aliphatic rings. The van der Waals surface area contributed by atoms with Crippen LogP contribution in [0.1, 0.15) is 19.8 Å². The molecule has 0 bridgehead atoms. The summed E-state index contributed by atoms with van der Waals surface area (Å²) in [5.74, 6) is 0.531. The van der Waals surface area contributed by atoms with Crippen LogP contribution in [0.5, 0.6) is 0 Å². The van der Waals surface area contributed by atoms with E-state index in [-0.39, 0.29) is 12.1 Å². The molecular formula is C16H21N3O3. The van der Waals surface area contributed by atoms with Crippen molar-refractivity contribution in [1.29, 1.82) is 0 Å². The van der Waals surface area contributed by atoms with Crippen molar-refractivity contribution >= 4 is 23.5 Å². The monoisotopic (exact) mass is 303 g/mol. The summed E-state index contributed by atoms with van der Waals surface area (Å²) in [5, 5.41) is 2.94. The van der Waals surface area contributed by atoms with Crippen LogP contribution in [0.3, 0.4) is 0 Å². The third-order valence-electron chi connectivity index (χ3n) is 4.14. The Morgan fingerprint density at radius 1 is 1.32 bits per heavy atom. The lowest BCUT2D eigenvalue weighted by molar-refractivity contribution is 0.180. The number of rotatable bonds is 2. The molecule has 0 aliphatic carbocycles. The Bertz CT molecular complexity index is 576. The van der Waals surface area contributed by atoms with Crippen LogP contribution in [0.2, 0.25) is 0 Å². The number of hydrogen-bond acceptors (Lipinski definition) is 3. The van der Waals surface area contributed by atoms with Crippen molar-refractivity contribution < 1.29 is 14.3 Å². The zero-order chi connectivity index (χ0) is 15.5. The fourth-order valence-electron chi connectivity index (χ4n) is 3.00. The Morgan fingerprint density at radius 3 is 2.86 bits per heavy atom. The van der Waals surface area contributed by atoms with Gasteiger partial charge in [0.05, 0.1) is 17.9 Å². The van der Waals surface area contributed by atoms with Crippen molar-refractivity contribution in [3.63, 3.8) is 0 Å². The zero-order valence-electron chi connectivity index (χ0n) is 12.7. The van der Waals surface area contributed by atoms with Crippen LogP contribution in [-0.2, 0) is 4.74 Å². The molecule has 0 spiro atoms.